The monoisotopic (exact) mass is 287 g/mol. The molecule has 1 aliphatic rings. The zero-order valence-electron chi connectivity index (χ0n) is 11.5. The molecule has 3 heteroatoms. The zero-order valence-corrected chi connectivity index (χ0v) is 12.3. The first kappa shape index (κ1) is 13.3. The van der Waals surface area contributed by atoms with Gasteiger partial charge in [0.1, 0.15) is 5.75 Å². The minimum atomic E-state index is 0.367. The Bertz CT molecular complexity index is 594. The maximum Gasteiger partial charge on any atom is 0.119 e. The Morgan fingerprint density at radius 1 is 1.15 bits per heavy atom. The summed E-state index contributed by atoms with van der Waals surface area (Å²) in [5.41, 5.74) is 3.89. The molecule has 0 radical (unpaired) electrons. The van der Waals surface area contributed by atoms with Crippen molar-refractivity contribution < 1.29 is 4.74 Å². The van der Waals surface area contributed by atoms with Gasteiger partial charge in [-0.1, -0.05) is 17.7 Å². The molecule has 2 nitrogen and oxygen atoms in total. The number of aryl methyl sites for hydroxylation is 1. The highest BCUT2D eigenvalue weighted by atomic mass is 35.5. The molecule has 2 aromatic carbocycles. The molecule has 1 aliphatic carbocycles. The molecule has 2 aromatic rings. The zero-order chi connectivity index (χ0) is 13.9. The largest absolute Gasteiger partial charge is 0.497 e. The fourth-order valence-electron chi connectivity index (χ4n) is 2.81. The van der Waals surface area contributed by atoms with E-state index in [4.69, 9.17) is 16.3 Å². The molecule has 1 unspecified atom stereocenters. The van der Waals surface area contributed by atoms with E-state index >= 15 is 0 Å². The van der Waals surface area contributed by atoms with E-state index in [0.717, 1.165) is 29.3 Å². The van der Waals surface area contributed by atoms with Crippen LogP contribution in [0.2, 0.25) is 5.02 Å². The number of rotatable bonds is 3. The highest BCUT2D eigenvalue weighted by Crippen LogP contribution is 2.34. The van der Waals surface area contributed by atoms with Gasteiger partial charge in [0.15, 0.2) is 0 Å². The minimum absolute atomic E-state index is 0.367. The molecule has 0 spiro atoms. The molecule has 0 fully saturated rings. The highest BCUT2D eigenvalue weighted by molar-refractivity contribution is 6.30. The Balaban J connectivity index is 1.84. The second-order valence-corrected chi connectivity index (χ2v) is 5.60. The van der Waals surface area contributed by atoms with Gasteiger partial charge in [-0.2, -0.15) is 0 Å². The summed E-state index contributed by atoms with van der Waals surface area (Å²) in [4.78, 5) is 0. The van der Waals surface area contributed by atoms with Crippen molar-refractivity contribution >= 4 is 17.3 Å². The average molecular weight is 288 g/mol. The lowest BCUT2D eigenvalue weighted by molar-refractivity contribution is 0.413. The summed E-state index contributed by atoms with van der Waals surface area (Å²) in [6, 6.07) is 14.6. The Hall–Kier alpha value is -1.67. The van der Waals surface area contributed by atoms with Crippen molar-refractivity contribution in [2.75, 3.05) is 12.4 Å². The van der Waals surface area contributed by atoms with Gasteiger partial charge < -0.3 is 10.1 Å². The van der Waals surface area contributed by atoms with E-state index < -0.39 is 0 Å². The van der Waals surface area contributed by atoms with Crippen molar-refractivity contribution in [3.63, 3.8) is 0 Å². The summed E-state index contributed by atoms with van der Waals surface area (Å²) < 4.78 is 5.31. The van der Waals surface area contributed by atoms with Gasteiger partial charge in [0, 0.05) is 10.7 Å². The molecule has 20 heavy (non-hydrogen) atoms. The number of anilines is 1. The molecule has 1 N–H and O–H groups in total. The molecule has 0 bridgehead atoms. The van der Waals surface area contributed by atoms with E-state index in [1.54, 1.807) is 7.11 Å². The molecule has 3 rings (SSSR count). The van der Waals surface area contributed by atoms with E-state index in [9.17, 15) is 0 Å². The Morgan fingerprint density at radius 3 is 2.70 bits per heavy atom. The van der Waals surface area contributed by atoms with Crippen LogP contribution < -0.4 is 10.1 Å². The quantitative estimate of drug-likeness (QED) is 0.872. The summed E-state index contributed by atoms with van der Waals surface area (Å²) in [6.07, 6.45) is 3.48. The molecule has 0 saturated carbocycles. The van der Waals surface area contributed by atoms with Crippen LogP contribution in [0.25, 0.3) is 0 Å². The van der Waals surface area contributed by atoms with Gasteiger partial charge in [0.05, 0.1) is 13.2 Å². The number of nitrogens with one attached hydrogen (secondary N) is 1. The molecule has 0 aliphatic heterocycles. The first-order chi connectivity index (χ1) is 9.76. The third-order valence-corrected chi connectivity index (χ3v) is 4.10. The second-order valence-electron chi connectivity index (χ2n) is 5.16. The minimum Gasteiger partial charge on any atom is -0.497 e. The molecular weight excluding hydrogens is 270 g/mol. The first-order valence-electron chi connectivity index (χ1n) is 6.95. The van der Waals surface area contributed by atoms with Gasteiger partial charge in [-0.15, -0.1) is 0 Å². The van der Waals surface area contributed by atoms with Gasteiger partial charge in [-0.05, 0) is 66.8 Å². The van der Waals surface area contributed by atoms with Crippen molar-refractivity contribution in [2.45, 2.75) is 25.3 Å². The van der Waals surface area contributed by atoms with E-state index in [2.05, 4.69) is 17.4 Å². The molecule has 0 saturated heterocycles. The third-order valence-electron chi connectivity index (χ3n) is 3.85. The Labute approximate surface area is 124 Å². The normalized spacial score (nSPS) is 17.4. The number of fused-ring (bicyclic) bond motifs is 1. The number of methoxy groups -OCH3 is 1. The van der Waals surface area contributed by atoms with Gasteiger partial charge >= 0.3 is 0 Å². The van der Waals surface area contributed by atoms with Crippen LogP contribution in [-0.4, -0.2) is 7.11 Å². The van der Waals surface area contributed by atoms with Crippen LogP contribution >= 0.6 is 11.6 Å². The van der Waals surface area contributed by atoms with E-state index in [-0.39, 0.29) is 0 Å². The summed E-state index contributed by atoms with van der Waals surface area (Å²) >= 11 is 5.93. The molecule has 104 valence electrons. The first-order valence-corrected chi connectivity index (χ1v) is 7.33. The lowest BCUT2D eigenvalue weighted by Gasteiger charge is -2.27. The van der Waals surface area contributed by atoms with Crippen LogP contribution in [0.15, 0.2) is 42.5 Å². The van der Waals surface area contributed by atoms with Crippen molar-refractivity contribution in [1.29, 1.82) is 0 Å². The molecule has 0 heterocycles. The molecule has 0 amide bonds. The predicted molar refractivity (Wildman–Crippen MR) is 83.7 cm³/mol. The summed E-state index contributed by atoms with van der Waals surface area (Å²) in [7, 11) is 1.72. The molecule has 0 aromatic heterocycles. The average Bonchev–Trinajstić information content (AvgIpc) is 2.49. The maximum atomic E-state index is 5.93. The Kier molecular flexibility index (Phi) is 3.83. The SMILES string of the molecule is COc1ccc2c(c1)CCCC2Nc1ccc(Cl)cc1. The topological polar surface area (TPSA) is 21.3 Å². The lowest BCUT2D eigenvalue weighted by Crippen LogP contribution is -2.17. The fourth-order valence-corrected chi connectivity index (χ4v) is 2.94. The van der Waals surface area contributed by atoms with E-state index in [1.807, 2.05) is 30.3 Å². The summed E-state index contributed by atoms with van der Waals surface area (Å²) in [6.45, 7) is 0. The fraction of sp³-hybridized carbons (Fsp3) is 0.294. The third kappa shape index (κ3) is 2.75. The van der Waals surface area contributed by atoms with Crippen LogP contribution in [0.1, 0.15) is 30.0 Å². The van der Waals surface area contributed by atoms with E-state index in [1.165, 1.54) is 17.5 Å². The van der Waals surface area contributed by atoms with Gasteiger partial charge in [0.25, 0.3) is 0 Å². The van der Waals surface area contributed by atoms with Crippen LogP contribution in [0.4, 0.5) is 5.69 Å². The van der Waals surface area contributed by atoms with Crippen molar-refractivity contribution in [2.24, 2.45) is 0 Å². The second kappa shape index (κ2) is 5.76. The van der Waals surface area contributed by atoms with Crippen LogP contribution in [0.3, 0.4) is 0 Å². The van der Waals surface area contributed by atoms with Crippen molar-refractivity contribution in [1.82, 2.24) is 0 Å². The van der Waals surface area contributed by atoms with Crippen LogP contribution in [0, 0.1) is 0 Å². The number of hydrogen-bond acceptors (Lipinski definition) is 2. The van der Waals surface area contributed by atoms with Gasteiger partial charge in [-0.3, -0.25) is 0 Å². The summed E-state index contributed by atoms with van der Waals surface area (Å²) in [5.74, 6) is 0.941. The number of benzene rings is 2. The standard InChI is InChI=1S/C17H18ClNO/c1-20-15-9-10-16-12(11-15)3-2-4-17(16)19-14-7-5-13(18)6-8-14/h5-11,17,19H,2-4H2,1H3. The van der Waals surface area contributed by atoms with E-state index in [0.29, 0.717) is 6.04 Å². The van der Waals surface area contributed by atoms with Crippen molar-refractivity contribution in [3.05, 3.63) is 58.6 Å². The Morgan fingerprint density at radius 2 is 1.95 bits per heavy atom. The lowest BCUT2D eigenvalue weighted by atomic mass is 9.87. The number of halogens is 1. The number of ether oxygens (including phenoxy) is 1. The van der Waals surface area contributed by atoms with Gasteiger partial charge in [-0.25, -0.2) is 0 Å². The van der Waals surface area contributed by atoms with Crippen molar-refractivity contribution in [3.8, 4) is 5.75 Å². The molecular formula is C17H18ClNO. The highest BCUT2D eigenvalue weighted by Gasteiger charge is 2.20. The number of hydrogen-bond donors (Lipinski definition) is 1. The van der Waals surface area contributed by atoms with Gasteiger partial charge in [0.2, 0.25) is 0 Å². The predicted octanol–water partition coefficient (Wildman–Crippen LogP) is 4.84. The van der Waals surface area contributed by atoms with Crippen LogP contribution in [0.5, 0.6) is 5.75 Å². The van der Waals surface area contributed by atoms with Crippen LogP contribution in [-0.2, 0) is 6.42 Å². The summed E-state index contributed by atoms with van der Waals surface area (Å²) in [5, 5.41) is 4.37. The molecule has 1 atom stereocenters. The smallest absolute Gasteiger partial charge is 0.119 e. The maximum absolute atomic E-state index is 5.93.